The summed E-state index contributed by atoms with van der Waals surface area (Å²) in [6.45, 7) is 27.2. The third-order valence-electron chi connectivity index (χ3n) is 7.21. The van der Waals surface area contributed by atoms with Crippen molar-refractivity contribution >= 4 is 34.7 Å². The second kappa shape index (κ2) is 13.2. The van der Waals surface area contributed by atoms with E-state index in [-0.39, 0.29) is 54.0 Å². The second-order valence-electron chi connectivity index (χ2n) is 16.4. The molecule has 0 aromatic heterocycles. The van der Waals surface area contributed by atoms with Crippen molar-refractivity contribution in [2.24, 2.45) is 32.5 Å². The van der Waals surface area contributed by atoms with Gasteiger partial charge in [0, 0.05) is 0 Å². The molecule has 0 N–H and O–H groups in total. The third-order valence-corrected chi connectivity index (χ3v) is 11.8. The summed E-state index contributed by atoms with van der Waals surface area (Å²) in [5.74, 6) is -0.810. The van der Waals surface area contributed by atoms with Crippen molar-refractivity contribution < 1.29 is 42.7 Å². The Morgan fingerprint density at radius 3 is 0.675 bits per heavy atom. The molecule has 40 heavy (non-hydrogen) atoms. The molecule has 0 rings (SSSR count). The van der Waals surface area contributed by atoms with Crippen LogP contribution in [0, 0.1) is 32.5 Å². The zero-order chi connectivity index (χ0) is 32.3. The van der Waals surface area contributed by atoms with Crippen LogP contribution in [0.1, 0.15) is 123 Å². The third kappa shape index (κ3) is 12.2. The van der Waals surface area contributed by atoms with Gasteiger partial charge in [0.2, 0.25) is 0 Å². The van der Waals surface area contributed by atoms with Gasteiger partial charge in [-0.25, -0.2) is 0 Å². The van der Waals surface area contributed by atoms with E-state index in [9.17, 15) is 28.8 Å². The van der Waals surface area contributed by atoms with E-state index >= 15 is 0 Å². The van der Waals surface area contributed by atoms with Gasteiger partial charge in [0.05, 0.1) is 0 Å². The fourth-order valence-electron chi connectivity index (χ4n) is 3.62. The first-order chi connectivity index (χ1) is 17.4. The summed E-state index contributed by atoms with van der Waals surface area (Å²) in [5.41, 5.74) is -4.37. The van der Waals surface area contributed by atoms with Gasteiger partial charge in [0.15, 0.2) is 0 Å². The van der Waals surface area contributed by atoms with E-state index in [1.807, 2.05) is 41.5 Å². The Balaban J connectivity index is 6.21. The molecule has 0 amide bonds. The average molecular weight is 606 g/mol. The van der Waals surface area contributed by atoms with Gasteiger partial charge in [-0.1, -0.05) is 0 Å². The van der Waals surface area contributed by atoms with E-state index in [2.05, 4.69) is 0 Å². The molecule has 0 fully saturated rings. The molecular weight excluding hydrogens is 548 g/mol. The molecule has 0 spiro atoms. The maximum absolute atomic E-state index is 13.3. The quantitative estimate of drug-likeness (QED) is 0.140. The second-order valence-corrected chi connectivity index (χ2v) is 19.2. The maximum atomic E-state index is 13.3. The molecule has 0 aliphatic heterocycles. The number of hydrogen-bond acceptors (Lipinski definition) is 6. The van der Waals surface area contributed by atoms with Gasteiger partial charge in [0.25, 0.3) is 0 Å². The summed E-state index contributed by atoms with van der Waals surface area (Å²) in [7, 11) is 0. The minimum absolute atomic E-state index is 0.121. The molecule has 0 saturated heterocycles. The Kier molecular flexibility index (Phi) is 12.8. The zero-order valence-corrected chi connectivity index (χ0v) is 29.1. The van der Waals surface area contributed by atoms with Crippen molar-refractivity contribution in [1.82, 2.24) is 0 Å². The van der Waals surface area contributed by atoms with Gasteiger partial charge in [0.1, 0.15) is 0 Å². The summed E-state index contributed by atoms with van der Waals surface area (Å²) in [4.78, 5) is 77.9. The van der Waals surface area contributed by atoms with Gasteiger partial charge in [-0.05, 0) is 0 Å². The molecule has 0 aromatic rings. The van der Waals surface area contributed by atoms with Crippen molar-refractivity contribution in [2.75, 3.05) is 0 Å². The predicted molar refractivity (Wildman–Crippen MR) is 158 cm³/mol. The molecule has 233 valence electrons. The topological polar surface area (TPSA) is 102 Å². The number of carbonyl (C=O) groups is 6. The molecule has 0 saturated carbocycles. The van der Waals surface area contributed by atoms with Crippen LogP contribution in [0.5, 0.6) is 0 Å². The Labute approximate surface area is 248 Å². The molecule has 0 heterocycles. The minimum atomic E-state index is -1.32. The number of carbonyl (C=O) groups excluding carboxylic acids is 6. The van der Waals surface area contributed by atoms with Crippen LogP contribution < -0.4 is 0 Å². The average Bonchev–Trinajstić information content (AvgIpc) is 2.70. The number of hydrogen-bond donors (Lipinski definition) is 0. The number of ketones is 6. The Hall–Kier alpha value is -1.46. The van der Waals surface area contributed by atoms with Crippen LogP contribution in [0.25, 0.3) is 0 Å². The summed E-state index contributed by atoms with van der Waals surface area (Å²) in [6, 6.07) is 0. The van der Waals surface area contributed by atoms with Gasteiger partial charge >= 0.3 is 249 Å². The number of Topliss-reactive ketones (excluding diaryl/α,β-unsaturated/α-hetero) is 6. The first kappa shape index (κ1) is 38.5. The summed E-state index contributed by atoms with van der Waals surface area (Å²) in [5, 5.41) is 1.37. The van der Waals surface area contributed by atoms with Crippen LogP contribution in [0.15, 0.2) is 0 Å². The molecule has 0 atom stereocenters. The normalized spacial score (nSPS) is 14.0. The summed E-state index contributed by atoms with van der Waals surface area (Å²) < 4.78 is 0. The van der Waals surface area contributed by atoms with Crippen LogP contribution in [-0.4, -0.2) is 34.7 Å². The van der Waals surface area contributed by atoms with Crippen LogP contribution in [0.3, 0.4) is 0 Å². The summed E-state index contributed by atoms with van der Waals surface area (Å²) in [6.07, 6.45) is -0.478. The molecule has 0 bridgehead atoms. The van der Waals surface area contributed by atoms with Crippen LogP contribution >= 0.6 is 0 Å². The van der Waals surface area contributed by atoms with E-state index in [1.54, 1.807) is 62.3 Å². The first-order valence-electron chi connectivity index (χ1n) is 14.2. The van der Waals surface area contributed by atoms with Crippen molar-refractivity contribution in [1.29, 1.82) is 0 Å². The molecule has 7 heteroatoms. The van der Waals surface area contributed by atoms with Gasteiger partial charge in [-0.3, -0.25) is 0 Å². The van der Waals surface area contributed by atoms with Crippen molar-refractivity contribution in [3.63, 3.8) is 0 Å². The standard InChI is InChI=1S/3C11H19O2.Fe/c3*1-10(2,3)8(12)7-9(13)11(4,5)6;/h3*1,7H2,2-6H3;. The number of rotatable bonds is 15. The Morgan fingerprint density at radius 1 is 0.350 bits per heavy atom. The van der Waals surface area contributed by atoms with Gasteiger partial charge < -0.3 is 0 Å². The monoisotopic (exact) mass is 605 g/mol. The van der Waals surface area contributed by atoms with Crippen LogP contribution in [0.4, 0.5) is 0 Å². The molecule has 0 unspecified atom stereocenters. The van der Waals surface area contributed by atoms with Gasteiger partial charge in [-0.15, -0.1) is 0 Å². The summed E-state index contributed by atoms with van der Waals surface area (Å²) >= 11 is -1.32. The van der Waals surface area contributed by atoms with E-state index in [0.29, 0.717) is 16.0 Å². The Morgan fingerprint density at radius 2 is 0.525 bits per heavy atom. The van der Waals surface area contributed by atoms with Crippen LogP contribution in [0.2, 0.25) is 16.0 Å². The molecule has 0 aromatic carbocycles. The van der Waals surface area contributed by atoms with E-state index in [0.717, 1.165) is 0 Å². The predicted octanol–water partition coefficient (Wildman–Crippen LogP) is 7.66. The first-order valence-corrected chi connectivity index (χ1v) is 16.5. The zero-order valence-electron chi connectivity index (χ0n) is 28.0. The Bertz CT molecular complexity index is 865. The van der Waals surface area contributed by atoms with Crippen LogP contribution in [-0.2, 0) is 42.7 Å². The molecule has 0 aliphatic carbocycles. The molecular formula is C33H57FeO6. The van der Waals surface area contributed by atoms with Crippen molar-refractivity contribution in [2.45, 2.75) is 139 Å². The van der Waals surface area contributed by atoms with Crippen molar-refractivity contribution in [3.05, 3.63) is 0 Å². The fraction of sp³-hybridized carbons (Fsp3) is 0.818. The fourth-order valence-corrected chi connectivity index (χ4v) is 8.83. The molecule has 0 aliphatic rings. The molecule has 0 radical (unpaired) electrons. The van der Waals surface area contributed by atoms with Crippen molar-refractivity contribution in [3.8, 4) is 0 Å². The van der Waals surface area contributed by atoms with Gasteiger partial charge in [-0.2, -0.15) is 0 Å². The van der Waals surface area contributed by atoms with E-state index < -0.39 is 46.4 Å². The van der Waals surface area contributed by atoms with E-state index in [4.69, 9.17) is 0 Å². The molecule has 6 nitrogen and oxygen atoms in total. The SMILES string of the molecule is CC(C)(C)C(=O)CC(=O)C(C)(C)[CH2][Fe]([CH2]C(C)(C)C(=O)CC(=O)C(C)(C)C)[CH2]C(C)(C)C(=O)CC(=O)C(C)(C)C. The van der Waals surface area contributed by atoms with E-state index in [1.165, 1.54) is 0 Å².